The van der Waals surface area contributed by atoms with Crippen LogP contribution in [0.1, 0.15) is 5.56 Å². The van der Waals surface area contributed by atoms with Gasteiger partial charge in [0.05, 0.1) is 19.2 Å². The van der Waals surface area contributed by atoms with Crippen molar-refractivity contribution < 1.29 is 13.9 Å². The Morgan fingerprint density at radius 2 is 1.96 bits per heavy atom. The Morgan fingerprint density at radius 3 is 2.58 bits per heavy atom. The van der Waals surface area contributed by atoms with Crippen molar-refractivity contribution >= 4 is 34.6 Å². The molecule has 0 aliphatic carbocycles. The van der Waals surface area contributed by atoms with Gasteiger partial charge in [0, 0.05) is 30.9 Å². The summed E-state index contributed by atoms with van der Waals surface area (Å²) in [5.74, 6) is 0.971. The van der Waals surface area contributed by atoms with Gasteiger partial charge in [0.1, 0.15) is 17.3 Å². The molecule has 0 saturated carbocycles. The van der Waals surface area contributed by atoms with E-state index in [0.29, 0.717) is 23.1 Å². The van der Waals surface area contributed by atoms with Gasteiger partial charge in [-0.15, -0.1) is 0 Å². The number of ether oxygens (including phenoxy) is 2. The summed E-state index contributed by atoms with van der Waals surface area (Å²) >= 11 is 11.1. The van der Waals surface area contributed by atoms with E-state index >= 15 is 0 Å². The van der Waals surface area contributed by atoms with E-state index < -0.39 is 5.82 Å². The number of thiocarbonyl (C=S) groups is 1. The van der Waals surface area contributed by atoms with Gasteiger partial charge in [-0.05, 0) is 42.5 Å². The van der Waals surface area contributed by atoms with E-state index in [-0.39, 0.29) is 5.02 Å². The first-order valence-electron chi connectivity index (χ1n) is 7.12. The Kier molecular flexibility index (Phi) is 6.23. The lowest BCUT2D eigenvalue weighted by atomic mass is 10.2. The van der Waals surface area contributed by atoms with Gasteiger partial charge in [0.25, 0.3) is 0 Å². The molecular weight excluding hydrogens is 351 g/mol. The second-order valence-corrected chi connectivity index (χ2v) is 5.89. The molecule has 24 heavy (non-hydrogen) atoms. The lowest BCUT2D eigenvalue weighted by Crippen LogP contribution is -2.30. The second kappa shape index (κ2) is 8.17. The van der Waals surface area contributed by atoms with Crippen LogP contribution in [0.4, 0.5) is 10.1 Å². The summed E-state index contributed by atoms with van der Waals surface area (Å²) in [4.78, 5) is 1.84. The number of rotatable bonds is 5. The van der Waals surface area contributed by atoms with Crippen molar-refractivity contribution in [2.45, 2.75) is 6.54 Å². The number of halogens is 2. The highest BCUT2D eigenvalue weighted by atomic mass is 35.5. The standard InChI is InChI=1S/C17H18ClFN2O2S/c1-21(10-11-4-6-13(22-2)9-16(11)23-3)17(24)20-12-5-7-15(19)14(18)8-12/h4-9H,10H2,1-3H3,(H,20,24). The van der Waals surface area contributed by atoms with Crippen molar-refractivity contribution in [3.05, 3.63) is 52.8 Å². The molecule has 4 nitrogen and oxygen atoms in total. The summed E-state index contributed by atoms with van der Waals surface area (Å²) < 4.78 is 23.8. The zero-order valence-corrected chi connectivity index (χ0v) is 15.2. The molecule has 0 unspecified atom stereocenters. The van der Waals surface area contributed by atoms with Crippen LogP contribution < -0.4 is 14.8 Å². The summed E-state index contributed by atoms with van der Waals surface area (Å²) in [5, 5.41) is 3.56. The second-order valence-electron chi connectivity index (χ2n) is 5.09. The lowest BCUT2D eigenvalue weighted by molar-refractivity contribution is 0.384. The van der Waals surface area contributed by atoms with Crippen LogP contribution in [-0.2, 0) is 6.54 Å². The quantitative estimate of drug-likeness (QED) is 0.795. The minimum atomic E-state index is -0.468. The molecule has 0 aromatic heterocycles. The third kappa shape index (κ3) is 4.49. The molecule has 1 N–H and O–H groups in total. The number of hydrogen-bond donors (Lipinski definition) is 1. The van der Waals surface area contributed by atoms with Gasteiger partial charge < -0.3 is 19.7 Å². The zero-order chi connectivity index (χ0) is 17.7. The summed E-state index contributed by atoms with van der Waals surface area (Å²) in [6.07, 6.45) is 0. The largest absolute Gasteiger partial charge is 0.497 e. The maximum absolute atomic E-state index is 13.2. The normalized spacial score (nSPS) is 10.2. The van der Waals surface area contributed by atoms with E-state index in [2.05, 4.69) is 5.32 Å². The van der Waals surface area contributed by atoms with Crippen LogP contribution >= 0.6 is 23.8 Å². The topological polar surface area (TPSA) is 33.7 Å². The van der Waals surface area contributed by atoms with E-state index in [1.54, 1.807) is 20.3 Å². The smallest absolute Gasteiger partial charge is 0.173 e. The molecule has 7 heteroatoms. The minimum Gasteiger partial charge on any atom is -0.497 e. The molecule has 0 aliphatic heterocycles. The van der Waals surface area contributed by atoms with Crippen LogP contribution in [0.5, 0.6) is 11.5 Å². The number of hydrogen-bond acceptors (Lipinski definition) is 3. The molecule has 0 heterocycles. The molecule has 0 amide bonds. The van der Waals surface area contributed by atoms with Crippen molar-refractivity contribution in [3.8, 4) is 11.5 Å². The number of methoxy groups -OCH3 is 2. The molecule has 128 valence electrons. The average Bonchev–Trinajstić information content (AvgIpc) is 2.58. The Hall–Kier alpha value is -2.05. The molecule has 0 atom stereocenters. The highest BCUT2D eigenvalue weighted by Gasteiger charge is 2.11. The van der Waals surface area contributed by atoms with Crippen molar-refractivity contribution in [2.75, 3.05) is 26.6 Å². The molecule has 2 aromatic carbocycles. The average molecular weight is 369 g/mol. The summed E-state index contributed by atoms with van der Waals surface area (Å²) in [6.45, 7) is 0.536. The molecule has 0 spiro atoms. The fourth-order valence-electron chi connectivity index (χ4n) is 2.10. The first-order valence-corrected chi connectivity index (χ1v) is 7.91. The molecule has 0 fully saturated rings. The number of nitrogens with one attached hydrogen (secondary N) is 1. The van der Waals surface area contributed by atoms with Gasteiger partial charge in [-0.2, -0.15) is 0 Å². The Bertz CT molecular complexity index is 743. The number of nitrogens with zero attached hydrogens (tertiary/aromatic N) is 1. The number of anilines is 1. The monoisotopic (exact) mass is 368 g/mol. The molecule has 0 radical (unpaired) electrons. The third-order valence-corrected chi connectivity index (χ3v) is 4.12. The summed E-state index contributed by atoms with van der Waals surface area (Å²) in [6, 6.07) is 9.97. The summed E-state index contributed by atoms with van der Waals surface area (Å²) in [5.41, 5.74) is 1.59. The third-order valence-electron chi connectivity index (χ3n) is 3.42. The fraction of sp³-hybridized carbons (Fsp3) is 0.235. The van der Waals surface area contributed by atoms with Gasteiger partial charge in [-0.25, -0.2) is 4.39 Å². The first kappa shape index (κ1) is 18.3. The Balaban J connectivity index is 2.07. The van der Waals surface area contributed by atoms with Gasteiger partial charge in [0.15, 0.2) is 5.11 Å². The van der Waals surface area contributed by atoms with E-state index in [1.165, 1.54) is 12.1 Å². The first-order chi connectivity index (χ1) is 11.4. The fourth-order valence-corrected chi connectivity index (χ4v) is 2.47. The van der Waals surface area contributed by atoms with Gasteiger partial charge in [-0.3, -0.25) is 0 Å². The zero-order valence-electron chi connectivity index (χ0n) is 13.6. The van der Waals surface area contributed by atoms with E-state index in [0.717, 1.165) is 11.3 Å². The summed E-state index contributed by atoms with van der Waals surface area (Å²) in [7, 11) is 5.06. The maximum atomic E-state index is 13.2. The minimum absolute atomic E-state index is 0.0438. The predicted octanol–water partition coefficient (Wildman–Crippen LogP) is 4.33. The highest BCUT2D eigenvalue weighted by molar-refractivity contribution is 7.80. The molecule has 0 aliphatic rings. The van der Waals surface area contributed by atoms with Gasteiger partial charge >= 0.3 is 0 Å². The predicted molar refractivity (Wildman–Crippen MR) is 98.6 cm³/mol. The number of benzene rings is 2. The lowest BCUT2D eigenvalue weighted by Gasteiger charge is -2.22. The maximum Gasteiger partial charge on any atom is 0.173 e. The van der Waals surface area contributed by atoms with Crippen LogP contribution in [0.2, 0.25) is 5.02 Å². The van der Waals surface area contributed by atoms with Crippen LogP contribution in [0.15, 0.2) is 36.4 Å². The van der Waals surface area contributed by atoms with Crippen LogP contribution in [0.25, 0.3) is 0 Å². The Labute approximate surface area is 151 Å². The van der Waals surface area contributed by atoms with Gasteiger partial charge in [0.2, 0.25) is 0 Å². The van der Waals surface area contributed by atoms with E-state index in [4.69, 9.17) is 33.3 Å². The molecule has 0 bridgehead atoms. The van der Waals surface area contributed by atoms with Crippen LogP contribution in [-0.4, -0.2) is 31.3 Å². The SMILES string of the molecule is COc1ccc(CN(C)C(=S)Nc2ccc(F)c(Cl)c2)c(OC)c1. The molecule has 0 saturated heterocycles. The Morgan fingerprint density at radius 1 is 1.21 bits per heavy atom. The highest BCUT2D eigenvalue weighted by Crippen LogP contribution is 2.26. The van der Waals surface area contributed by atoms with Crippen molar-refractivity contribution in [2.24, 2.45) is 0 Å². The molecular formula is C17H18ClFN2O2S. The molecule has 2 rings (SSSR count). The van der Waals surface area contributed by atoms with E-state index in [9.17, 15) is 4.39 Å². The van der Waals surface area contributed by atoms with Crippen molar-refractivity contribution in [1.82, 2.24) is 4.90 Å². The van der Waals surface area contributed by atoms with Crippen LogP contribution in [0, 0.1) is 5.82 Å². The van der Waals surface area contributed by atoms with Crippen molar-refractivity contribution in [1.29, 1.82) is 0 Å². The van der Waals surface area contributed by atoms with Crippen LogP contribution in [0.3, 0.4) is 0 Å². The van der Waals surface area contributed by atoms with Crippen molar-refractivity contribution in [3.63, 3.8) is 0 Å². The van der Waals surface area contributed by atoms with Gasteiger partial charge in [-0.1, -0.05) is 11.6 Å². The molecule has 2 aromatic rings. The van der Waals surface area contributed by atoms with E-state index in [1.807, 2.05) is 30.1 Å².